The SMILES string of the molecule is CN=C(NC)NCCSCc1ccc(C)cc1. The lowest BCUT2D eigenvalue weighted by molar-refractivity contribution is 0.912. The molecule has 0 atom stereocenters. The van der Waals surface area contributed by atoms with Gasteiger partial charge in [0.25, 0.3) is 0 Å². The summed E-state index contributed by atoms with van der Waals surface area (Å²) in [5, 5.41) is 6.23. The van der Waals surface area contributed by atoms with Crippen molar-refractivity contribution in [3.05, 3.63) is 35.4 Å². The first kappa shape index (κ1) is 13.9. The monoisotopic (exact) mass is 251 g/mol. The van der Waals surface area contributed by atoms with Crippen molar-refractivity contribution in [2.45, 2.75) is 12.7 Å². The van der Waals surface area contributed by atoms with Crippen LogP contribution in [-0.4, -0.2) is 32.4 Å². The Bertz CT molecular complexity index is 346. The Balaban J connectivity index is 2.14. The van der Waals surface area contributed by atoms with Gasteiger partial charge in [-0.1, -0.05) is 29.8 Å². The van der Waals surface area contributed by atoms with Crippen molar-refractivity contribution in [1.29, 1.82) is 0 Å². The van der Waals surface area contributed by atoms with E-state index in [0.29, 0.717) is 0 Å². The molecule has 1 aromatic rings. The molecule has 0 heterocycles. The molecular weight excluding hydrogens is 230 g/mol. The lowest BCUT2D eigenvalue weighted by Gasteiger charge is -2.08. The van der Waals surface area contributed by atoms with Gasteiger partial charge in [0.2, 0.25) is 0 Å². The highest BCUT2D eigenvalue weighted by atomic mass is 32.2. The van der Waals surface area contributed by atoms with Gasteiger partial charge in [-0.3, -0.25) is 4.99 Å². The Morgan fingerprint density at radius 1 is 1.29 bits per heavy atom. The van der Waals surface area contributed by atoms with Crippen molar-refractivity contribution in [3.8, 4) is 0 Å². The molecule has 0 saturated heterocycles. The van der Waals surface area contributed by atoms with Gasteiger partial charge in [-0.25, -0.2) is 0 Å². The highest BCUT2D eigenvalue weighted by Crippen LogP contribution is 2.12. The number of hydrogen-bond donors (Lipinski definition) is 2. The summed E-state index contributed by atoms with van der Waals surface area (Å²) in [6.07, 6.45) is 0. The first-order valence-corrected chi connectivity index (χ1v) is 6.93. The second kappa shape index (κ2) is 8.01. The summed E-state index contributed by atoms with van der Waals surface area (Å²) in [4.78, 5) is 4.06. The average Bonchev–Trinajstić information content (AvgIpc) is 2.36. The van der Waals surface area contributed by atoms with E-state index in [-0.39, 0.29) is 0 Å². The number of aryl methyl sites for hydroxylation is 1. The maximum Gasteiger partial charge on any atom is 0.190 e. The highest BCUT2D eigenvalue weighted by Gasteiger charge is 1.95. The van der Waals surface area contributed by atoms with E-state index < -0.39 is 0 Å². The third-order valence-electron chi connectivity index (χ3n) is 2.39. The van der Waals surface area contributed by atoms with Crippen molar-refractivity contribution in [2.75, 3.05) is 26.4 Å². The summed E-state index contributed by atoms with van der Waals surface area (Å²) in [6, 6.07) is 8.72. The third kappa shape index (κ3) is 5.63. The van der Waals surface area contributed by atoms with Crippen LogP contribution in [0.25, 0.3) is 0 Å². The number of hydrogen-bond acceptors (Lipinski definition) is 2. The Kier molecular flexibility index (Phi) is 6.55. The Morgan fingerprint density at radius 2 is 2.00 bits per heavy atom. The summed E-state index contributed by atoms with van der Waals surface area (Å²) in [5.74, 6) is 3.00. The molecule has 1 rings (SSSR count). The fraction of sp³-hybridized carbons (Fsp3) is 0.462. The molecule has 3 nitrogen and oxygen atoms in total. The normalized spacial score (nSPS) is 11.4. The van der Waals surface area contributed by atoms with Crippen molar-refractivity contribution >= 4 is 17.7 Å². The van der Waals surface area contributed by atoms with Crippen molar-refractivity contribution in [2.24, 2.45) is 4.99 Å². The van der Waals surface area contributed by atoms with Crippen LogP contribution in [0.1, 0.15) is 11.1 Å². The van der Waals surface area contributed by atoms with Crippen molar-refractivity contribution < 1.29 is 0 Å². The van der Waals surface area contributed by atoms with E-state index in [1.54, 1.807) is 7.05 Å². The minimum Gasteiger partial charge on any atom is -0.359 e. The Labute approximate surface area is 108 Å². The van der Waals surface area contributed by atoms with Gasteiger partial charge in [0, 0.05) is 32.1 Å². The van der Waals surface area contributed by atoms with E-state index in [0.717, 1.165) is 24.0 Å². The van der Waals surface area contributed by atoms with Crippen LogP contribution in [0.4, 0.5) is 0 Å². The standard InChI is InChI=1S/C13H21N3S/c1-11-4-6-12(7-5-11)10-17-9-8-16-13(14-2)15-3/h4-7H,8-10H2,1-3H3,(H2,14,15,16). The van der Waals surface area contributed by atoms with Crippen LogP contribution in [0.3, 0.4) is 0 Å². The minimum absolute atomic E-state index is 0.848. The van der Waals surface area contributed by atoms with E-state index in [2.05, 4.69) is 46.8 Å². The van der Waals surface area contributed by atoms with Crippen LogP contribution in [0.2, 0.25) is 0 Å². The van der Waals surface area contributed by atoms with Crippen LogP contribution in [0.15, 0.2) is 29.3 Å². The first-order chi connectivity index (χ1) is 8.26. The van der Waals surface area contributed by atoms with Crippen LogP contribution in [0.5, 0.6) is 0 Å². The van der Waals surface area contributed by atoms with E-state index >= 15 is 0 Å². The maximum absolute atomic E-state index is 4.06. The summed E-state index contributed by atoms with van der Waals surface area (Å²) in [5.41, 5.74) is 2.71. The van der Waals surface area contributed by atoms with Gasteiger partial charge in [-0.15, -0.1) is 0 Å². The summed E-state index contributed by atoms with van der Waals surface area (Å²) in [6.45, 7) is 3.05. The van der Waals surface area contributed by atoms with Gasteiger partial charge in [0.15, 0.2) is 5.96 Å². The molecular formula is C13H21N3S. The first-order valence-electron chi connectivity index (χ1n) is 5.78. The molecule has 1 aromatic carbocycles. The zero-order valence-corrected chi connectivity index (χ0v) is 11.6. The zero-order valence-electron chi connectivity index (χ0n) is 10.8. The van der Waals surface area contributed by atoms with Crippen LogP contribution in [0, 0.1) is 6.92 Å². The van der Waals surface area contributed by atoms with Gasteiger partial charge < -0.3 is 10.6 Å². The topological polar surface area (TPSA) is 36.4 Å². The molecule has 2 N–H and O–H groups in total. The van der Waals surface area contributed by atoms with E-state index in [9.17, 15) is 0 Å². The van der Waals surface area contributed by atoms with Gasteiger partial charge in [0.1, 0.15) is 0 Å². The van der Waals surface area contributed by atoms with Crippen LogP contribution < -0.4 is 10.6 Å². The Hall–Kier alpha value is -1.16. The van der Waals surface area contributed by atoms with E-state index in [1.165, 1.54) is 11.1 Å². The fourth-order valence-electron chi connectivity index (χ4n) is 1.40. The molecule has 0 aromatic heterocycles. The number of guanidine groups is 1. The molecule has 0 fully saturated rings. The third-order valence-corrected chi connectivity index (χ3v) is 3.42. The zero-order chi connectivity index (χ0) is 12.5. The fourth-order valence-corrected chi connectivity index (χ4v) is 2.21. The molecule has 0 spiro atoms. The molecule has 0 aliphatic heterocycles. The molecule has 4 heteroatoms. The van der Waals surface area contributed by atoms with E-state index in [4.69, 9.17) is 0 Å². The smallest absolute Gasteiger partial charge is 0.190 e. The Morgan fingerprint density at radius 3 is 2.59 bits per heavy atom. The largest absolute Gasteiger partial charge is 0.359 e. The predicted molar refractivity (Wildman–Crippen MR) is 77.8 cm³/mol. The number of nitrogens with one attached hydrogen (secondary N) is 2. The number of aliphatic imine (C=N–C) groups is 1. The molecule has 0 aliphatic rings. The average molecular weight is 251 g/mol. The molecule has 0 bridgehead atoms. The molecule has 0 unspecified atom stereocenters. The van der Waals surface area contributed by atoms with E-state index in [1.807, 2.05) is 18.8 Å². The summed E-state index contributed by atoms with van der Waals surface area (Å²) < 4.78 is 0. The number of rotatable bonds is 5. The maximum atomic E-state index is 4.06. The van der Waals surface area contributed by atoms with Gasteiger partial charge in [-0.2, -0.15) is 11.8 Å². The molecule has 17 heavy (non-hydrogen) atoms. The second-order valence-electron chi connectivity index (χ2n) is 3.79. The summed E-state index contributed by atoms with van der Waals surface area (Å²) in [7, 11) is 3.65. The molecule has 0 amide bonds. The van der Waals surface area contributed by atoms with Crippen molar-refractivity contribution in [1.82, 2.24) is 10.6 Å². The van der Waals surface area contributed by atoms with Gasteiger partial charge in [-0.05, 0) is 12.5 Å². The molecule has 94 valence electrons. The van der Waals surface area contributed by atoms with Gasteiger partial charge >= 0.3 is 0 Å². The second-order valence-corrected chi connectivity index (χ2v) is 4.89. The number of thioether (sulfide) groups is 1. The van der Waals surface area contributed by atoms with Gasteiger partial charge in [0.05, 0.1) is 0 Å². The quantitative estimate of drug-likeness (QED) is 0.477. The van der Waals surface area contributed by atoms with Crippen molar-refractivity contribution in [3.63, 3.8) is 0 Å². The van der Waals surface area contributed by atoms with Crippen LogP contribution in [-0.2, 0) is 5.75 Å². The molecule has 0 aliphatic carbocycles. The highest BCUT2D eigenvalue weighted by molar-refractivity contribution is 7.98. The lowest BCUT2D eigenvalue weighted by Crippen LogP contribution is -2.35. The predicted octanol–water partition coefficient (Wildman–Crippen LogP) is 2.02. The number of benzene rings is 1. The molecule has 0 radical (unpaired) electrons. The summed E-state index contributed by atoms with van der Waals surface area (Å²) >= 11 is 1.93. The molecule has 0 saturated carbocycles. The minimum atomic E-state index is 0.848. The lowest BCUT2D eigenvalue weighted by atomic mass is 10.2. The number of nitrogens with zero attached hydrogens (tertiary/aromatic N) is 1. The van der Waals surface area contributed by atoms with Crippen LogP contribution >= 0.6 is 11.8 Å².